The van der Waals surface area contributed by atoms with E-state index in [2.05, 4.69) is 15.4 Å². The highest BCUT2D eigenvalue weighted by Crippen LogP contribution is 2.20. The molecule has 0 spiro atoms. The highest BCUT2D eigenvalue weighted by Gasteiger charge is 2.17. The van der Waals surface area contributed by atoms with Crippen molar-refractivity contribution in [2.45, 2.75) is 26.9 Å². The summed E-state index contributed by atoms with van der Waals surface area (Å²) in [6.07, 6.45) is 0.0287. The molecule has 2 heterocycles. The number of carbonyl (C=O) groups is 2. The summed E-state index contributed by atoms with van der Waals surface area (Å²) in [6, 6.07) is 9.30. The van der Waals surface area contributed by atoms with Gasteiger partial charge in [0.25, 0.3) is 5.56 Å². The Kier molecular flexibility index (Phi) is 5.58. The summed E-state index contributed by atoms with van der Waals surface area (Å²) in [6.45, 7) is 3.53. The molecule has 0 aliphatic carbocycles. The van der Waals surface area contributed by atoms with Crippen LogP contribution in [-0.4, -0.2) is 33.2 Å². The van der Waals surface area contributed by atoms with Crippen LogP contribution < -0.4 is 10.9 Å². The Hall–Kier alpha value is -3.42. The first-order valence-electron chi connectivity index (χ1n) is 8.88. The molecule has 0 saturated heterocycles. The maximum absolute atomic E-state index is 12.3. The Morgan fingerprint density at radius 1 is 1.21 bits per heavy atom. The van der Waals surface area contributed by atoms with Gasteiger partial charge < -0.3 is 10.1 Å². The minimum atomic E-state index is -0.515. The summed E-state index contributed by atoms with van der Waals surface area (Å²) in [5.41, 5.74) is 3.25. The lowest BCUT2D eigenvalue weighted by Crippen LogP contribution is -2.32. The minimum Gasteiger partial charge on any atom is -0.460 e. The highest BCUT2D eigenvalue weighted by atomic mass is 16.5. The van der Waals surface area contributed by atoms with E-state index < -0.39 is 5.97 Å². The van der Waals surface area contributed by atoms with Crippen LogP contribution in [0.15, 0.2) is 35.1 Å². The summed E-state index contributed by atoms with van der Waals surface area (Å²) >= 11 is 0. The van der Waals surface area contributed by atoms with Crippen LogP contribution >= 0.6 is 0 Å². The topological polar surface area (TPSA) is 106 Å². The monoisotopic (exact) mass is 382 g/mol. The van der Waals surface area contributed by atoms with Gasteiger partial charge in [-0.2, -0.15) is 0 Å². The van der Waals surface area contributed by atoms with Crippen molar-refractivity contribution in [1.82, 2.24) is 20.1 Å². The number of hydrogen-bond donors (Lipinski definition) is 2. The third-order valence-corrected chi connectivity index (χ3v) is 4.59. The van der Waals surface area contributed by atoms with E-state index in [9.17, 15) is 14.4 Å². The second-order valence-corrected chi connectivity index (χ2v) is 6.60. The number of aromatic nitrogens is 3. The lowest BCUT2D eigenvalue weighted by Gasteiger charge is -2.11. The molecular formula is C20H22N4O4. The third-order valence-electron chi connectivity index (χ3n) is 4.59. The fourth-order valence-corrected chi connectivity index (χ4v) is 3.09. The number of aryl methyl sites for hydroxylation is 3. The Morgan fingerprint density at radius 3 is 2.64 bits per heavy atom. The van der Waals surface area contributed by atoms with Crippen LogP contribution in [0.3, 0.4) is 0 Å². The van der Waals surface area contributed by atoms with Crippen molar-refractivity contribution in [3.05, 3.63) is 63.1 Å². The highest BCUT2D eigenvalue weighted by molar-refractivity contribution is 5.86. The van der Waals surface area contributed by atoms with Gasteiger partial charge in [-0.3, -0.25) is 24.2 Å². The average molecular weight is 382 g/mol. The van der Waals surface area contributed by atoms with Gasteiger partial charge in [0.05, 0.1) is 11.8 Å². The van der Waals surface area contributed by atoms with E-state index in [1.807, 2.05) is 30.3 Å². The predicted molar refractivity (Wildman–Crippen MR) is 104 cm³/mol. The Bertz CT molecular complexity index is 1080. The molecule has 0 radical (unpaired) electrons. The van der Waals surface area contributed by atoms with E-state index in [4.69, 9.17) is 4.74 Å². The Balaban J connectivity index is 1.61. The van der Waals surface area contributed by atoms with Crippen LogP contribution in [0.2, 0.25) is 0 Å². The van der Waals surface area contributed by atoms with E-state index in [1.54, 1.807) is 25.6 Å². The largest absolute Gasteiger partial charge is 0.460 e. The molecule has 2 N–H and O–H groups in total. The molecule has 3 rings (SSSR count). The van der Waals surface area contributed by atoms with Gasteiger partial charge in [-0.15, -0.1) is 0 Å². The molecule has 1 aromatic carbocycles. The van der Waals surface area contributed by atoms with Crippen LogP contribution in [0, 0.1) is 13.8 Å². The summed E-state index contributed by atoms with van der Waals surface area (Å²) in [7, 11) is 1.71. The number of fused-ring (bicyclic) bond motifs is 1. The number of rotatable bonds is 6. The predicted octanol–water partition coefficient (Wildman–Crippen LogP) is 1.28. The molecule has 28 heavy (non-hydrogen) atoms. The zero-order chi connectivity index (χ0) is 20.3. The zero-order valence-corrected chi connectivity index (χ0v) is 16.0. The van der Waals surface area contributed by atoms with E-state index in [1.165, 1.54) is 0 Å². The van der Waals surface area contributed by atoms with Crippen molar-refractivity contribution in [2.24, 2.45) is 7.05 Å². The maximum Gasteiger partial charge on any atom is 0.325 e. The number of hydrogen-bond acceptors (Lipinski definition) is 5. The number of nitrogens with zero attached hydrogens (tertiary/aromatic N) is 2. The molecule has 0 fully saturated rings. The van der Waals surface area contributed by atoms with E-state index in [-0.39, 0.29) is 31.0 Å². The number of aromatic amines is 1. The average Bonchev–Trinajstić information content (AvgIpc) is 2.96. The summed E-state index contributed by atoms with van der Waals surface area (Å²) in [4.78, 5) is 40.6. The van der Waals surface area contributed by atoms with Gasteiger partial charge in [0.2, 0.25) is 5.91 Å². The van der Waals surface area contributed by atoms with Gasteiger partial charge in [0, 0.05) is 12.7 Å². The quantitative estimate of drug-likeness (QED) is 0.625. The molecule has 3 aromatic rings. The lowest BCUT2D eigenvalue weighted by molar-refractivity contribution is -0.145. The molecule has 0 aliphatic rings. The molecule has 0 atom stereocenters. The smallest absolute Gasteiger partial charge is 0.325 e. The van der Waals surface area contributed by atoms with Crippen LogP contribution in [0.1, 0.15) is 22.4 Å². The van der Waals surface area contributed by atoms with Crippen LogP contribution in [0.4, 0.5) is 0 Å². The summed E-state index contributed by atoms with van der Waals surface area (Å²) in [5, 5.41) is 5.70. The fourth-order valence-electron chi connectivity index (χ4n) is 3.09. The number of ether oxygens (including phenoxy) is 1. The number of benzene rings is 1. The Morgan fingerprint density at radius 2 is 1.93 bits per heavy atom. The number of esters is 1. The second-order valence-electron chi connectivity index (χ2n) is 6.60. The van der Waals surface area contributed by atoms with Crippen LogP contribution in [0.25, 0.3) is 11.0 Å². The van der Waals surface area contributed by atoms with Crippen molar-refractivity contribution in [2.75, 3.05) is 6.54 Å². The number of H-pyrrole nitrogens is 1. The SMILES string of the molecule is Cc1nc2c(c(C)c1CC(=O)NCC(=O)OCc1ccccc1)c(=O)[nH]n2C. The van der Waals surface area contributed by atoms with Gasteiger partial charge in [-0.1, -0.05) is 30.3 Å². The number of carbonyl (C=O) groups excluding carboxylic acids is 2. The van der Waals surface area contributed by atoms with Gasteiger partial charge in [-0.05, 0) is 30.5 Å². The molecule has 0 bridgehead atoms. The lowest BCUT2D eigenvalue weighted by atomic mass is 10.0. The van der Waals surface area contributed by atoms with Crippen molar-refractivity contribution in [3.63, 3.8) is 0 Å². The number of amides is 1. The first kappa shape index (κ1) is 19.3. The van der Waals surface area contributed by atoms with Crippen molar-refractivity contribution >= 4 is 22.9 Å². The first-order valence-corrected chi connectivity index (χ1v) is 8.88. The van der Waals surface area contributed by atoms with E-state index >= 15 is 0 Å². The standard InChI is InChI=1S/C20H22N4O4/c1-12-15(13(2)22-19-18(12)20(27)23-24(19)3)9-16(25)21-10-17(26)28-11-14-7-5-4-6-8-14/h4-8H,9-11H2,1-3H3,(H,21,25)(H,23,27). The van der Waals surface area contributed by atoms with E-state index in [0.717, 1.165) is 5.56 Å². The zero-order valence-electron chi connectivity index (χ0n) is 16.0. The van der Waals surface area contributed by atoms with Crippen molar-refractivity contribution in [1.29, 1.82) is 0 Å². The normalized spacial score (nSPS) is 10.8. The molecule has 0 unspecified atom stereocenters. The number of nitrogens with one attached hydrogen (secondary N) is 2. The molecule has 8 heteroatoms. The van der Waals surface area contributed by atoms with Crippen molar-refractivity contribution < 1.29 is 14.3 Å². The molecule has 2 aromatic heterocycles. The molecular weight excluding hydrogens is 360 g/mol. The van der Waals surface area contributed by atoms with Gasteiger partial charge in [0.1, 0.15) is 13.2 Å². The molecule has 8 nitrogen and oxygen atoms in total. The first-order chi connectivity index (χ1) is 13.4. The van der Waals surface area contributed by atoms with Gasteiger partial charge in [-0.25, -0.2) is 4.98 Å². The van der Waals surface area contributed by atoms with E-state index in [0.29, 0.717) is 27.9 Å². The van der Waals surface area contributed by atoms with Gasteiger partial charge >= 0.3 is 5.97 Å². The summed E-state index contributed by atoms with van der Waals surface area (Å²) in [5.74, 6) is -0.852. The molecule has 1 amide bonds. The van der Waals surface area contributed by atoms with Crippen LogP contribution in [-0.2, 0) is 34.4 Å². The van der Waals surface area contributed by atoms with Crippen molar-refractivity contribution in [3.8, 4) is 0 Å². The third kappa shape index (κ3) is 4.11. The minimum absolute atomic E-state index is 0.0287. The van der Waals surface area contributed by atoms with Crippen LogP contribution in [0.5, 0.6) is 0 Å². The summed E-state index contributed by atoms with van der Waals surface area (Å²) < 4.78 is 6.70. The number of pyridine rings is 1. The van der Waals surface area contributed by atoms with Gasteiger partial charge in [0.15, 0.2) is 5.65 Å². The fraction of sp³-hybridized carbons (Fsp3) is 0.300. The Labute approximate surface area is 161 Å². The molecule has 0 aliphatic heterocycles. The molecule has 0 saturated carbocycles. The second kappa shape index (κ2) is 8.08. The maximum atomic E-state index is 12.3. The molecule has 146 valence electrons.